The summed E-state index contributed by atoms with van der Waals surface area (Å²) in [5.41, 5.74) is -0.705. The van der Waals surface area contributed by atoms with Crippen LogP contribution < -0.4 is 5.32 Å². The van der Waals surface area contributed by atoms with Crippen LogP contribution in [0, 0.1) is 16.7 Å². The Kier molecular flexibility index (Phi) is 2.97. The van der Waals surface area contributed by atoms with E-state index in [0.717, 1.165) is 6.42 Å². The van der Waals surface area contributed by atoms with Gasteiger partial charge in [-0.15, -0.1) is 11.3 Å². The Labute approximate surface area is 99.1 Å². The molecule has 1 heterocycles. The van der Waals surface area contributed by atoms with Crippen molar-refractivity contribution in [1.29, 1.82) is 5.26 Å². The van der Waals surface area contributed by atoms with Gasteiger partial charge in [0, 0.05) is 17.3 Å². The Bertz CT molecular complexity index is 415. The van der Waals surface area contributed by atoms with E-state index in [1.54, 1.807) is 11.3 Å². The molecule has 0 radical (unpaired) electrons. The number of nitriles is 1. The van der Waals surface area contributed by atoms with Crippen molar-refractivity contribution in [2.24, 2.45) is 5.41 Å². The number of nitrogens with zero attached hydrogens (tertiary/aromatic N) is 1. The Hall–Kier alpha value is -1.34. The van der Waals surface area contributed by atoms with Crippen molar-refractivity contribution in [3.8, 4) is 6.07 Å². The Morgan fingerprint density at radius 3 is 3.00 bits per heavy atom. The second kappa shape index (κ2) is 4.26. The van der Waals surface area contributed by atoms with Crippen LogP contribution in [0.5, 0.6) is 0 Å². The summed E-state index contributed by atoms with van der Waals surface area (Å²) in [7, 11) is 0. The molecule has 4 heteroatoms. The number of hydrogen-bond donors (Lipinski definition) is 1. The fraction of sp³-hybridized carbons (Fsp3) is 0.500. The second-order valence-electron chi connectivity index (χ2n) is 4.35. The predicted molar refractivity (Wildman–Crippen MR) is 62.9 cm³/mol. The van der Waals surface area contributed by atoms with Crippen molar-refractivity contribution in [3.63, 3.8) is 0 Å². The maximum absolute atomic E-state index is 11.8. The van der Waals surface area contributed by atoms with Gasteiger partial charge in [-0.2, -0.15) is 5.26 Å². The fourth-order valence-corrected chi connectivity index (χ4v) is 2.49. The van der Waals surface area contributed by atoms with E-state index in [9.17, 15) is 4.79 Å². The van der Waals surface area contributed by atoms with Gasteiger partial charge >= 0.3 is 0 Å². The third kappa shape index (κ3) is 2.25. The molecule has 0 saturated heterocycles. The van der Waals surface area contributed by atoms with Crippen LogP contribution in [0.2, 0.25) is 0 Å². The predicted octanol–water partition coefficient (Wildman–Crippen LogP) is 2.10. The van der Waals surface area contributed by atoms with Crippen molar-refractivity contribution < 1.29 is 4.79 Å². The molecule has 1 aliphatic carbocycles. The lowest BCUT2D eigenvalue weighted by Crippen LogP contribution is -2.38. The van der Waals surface area contributed by atoms with Gasteiger partial charge in [0.05, 0.1) is 6.07 Å². The molecule has 1 aromatic heterocycles. The molecule has 2 rings (SSSR count). The molecular formula is C12H14N2OS. The first-order valence-electron chi connectivity index (χ1n) is 5.41. The topological polar surface area (TPSA) is 52.9 Å². The van der Waals surface area contributed by atoms with E-state index < -0.39 is 5.41 Å². The van der Waals surface area contributed by atoms with Crippen molar-refractivity contribution in [2.75, 3.05) is 0 Å². The quantitative estimate of drug-likeness (QED) is 0.867. The summed E-state index contributed by atoms with van der Waals surface area (Å²) >= 11 is 1.69. The van der Waals surface area contributed by atoms with E-state index in [4.69, 9.17) is 5.26 Å². The van der Waals surface area contributed by atoms with Gasteiger partial charge in [-0.3, -0.25) is 4.79 Å². The first-order chi connectivity index (χ1) is 7.66. The number of rotatable bonds is 4. The molecule has 1 aliphatic rings. The van der Waals surface area contributed by atoms with Crippen molar-refractivity contribution in [2.45, 2.75) is 32.2 Å². The largest absolute Gasteiger partial charge is 0.352 e. The summed E-state index contributed by atoms with van der Waals surface area (Å²) in [5, 5.41) is 13.8. The van der Waals surface area contributed by atoms with Crippen LogP contribution in [0.25, 0.3) is 0 Å². The van der Waals surface area contributed by atoms with Crippen LogP contribution in [0.3, 0.4) is 0 Å². The minimum atomic E-state index is -0.705. The van der Waals surface area contributed by atoms with Crippen LogP contribution in [-0.2, 0) is 11.2 Å². The average molecular weight is 234 g/mol. The molecule has 1 atom stereocenters. The molecule has 1 unspecified atom stereocenters. The van der Waals surface area contributed by atoms with E-state index in [1.807, 2.05) is 18.4 Å². The van der Waals surface area contributed by atoms with Crippen molar-refractivity contribution in [3.05, 3.63) is 22.4 Å². The molecule has 0 aliphatic heterocycles. The Balaban J connectivity index is 1.86. The molecule has 16 heavy (non-hydrogen) atoms. The van der Waals surface area contributed by atoms with Crippen LogP contribution in [0.1, 0.15) is 24.6 Å². The van der Waals surface area contributed by atoms with Gasteiger partial charge in [0.2, 0.25) is 5.91 Å². The van der Waals surface area contributed by atoms with E-state index in [1.165, 1.54) is 4.88 Å². The van der Waals surface area contributed by atoms with Gasteiger partial charge in [-0.25, -0.2) is 0 Å². The van der Waals surface area contributed by atoms with Gasteiger partial charge in [0.1, 0.15) is 5.41 Å². The molecule has 1 saturated carbocycles. The monoisotopic (exact) mass is 234 g/mol. The van der Waals surface area contributed by atoms with E-state index in [-0.39, 0.29) is 11.9 Å². The Morgan fingerprint density at radius 1 is 1.75 bits per heavy atom. The molecule has 0 bridgehead atoms. The molecule has 1 fully saturated rings. The van der Waals surface area contributed by atoms with E-state index >= 15 is 0 Å². The highest BCUT2D eigenvalue weighted by molar-refractivity contribution is 7.09. The standard InChI is InChI=1S/C12H14N2OS/c1-9(7-10-3-2-6-16-10)14-11(15)12(8-13)4-5-12/h2-3,6,9H,4-5,7H2,1H3,(H,14,15). The van der Waals surface area contributed by atoms with Crippen LogP contribution in [0.4, 0.5) is 0 Å². The third-order valence-corrected chi connectivity index (χ3v) is 3.76. The van der Waals surface area contributed by atoms with Crippen molar-refractivity contribution in [1.82, 2.24) is 5.32 Å². The molecule has 84 valence electrons. The highest BCUT2D eigenvalue weighted by atomic mass is 32.1. The molecule has 1 amide bonds. The van der Waals surface area contributed by atoms with Gasteiger partial charge in [0.15, 0.2) is 0 Å². The van der Waals surface area contributed by atoms with Crippen LogP contribution >= 0.6 is 11.3 Å². The summed E-state index contributed by atoms with van der Waals surface area (Å²) in [5.74, 6) is -0.0981. The number of thiophene rings is 1. The zero-order valence-corrected chi connectivity index (χ0v) is 10.0. The summed E-state index contributed by atoms with van der Waals surface area (Å²) in [6.07, 6.45) is 2.26. The molecule has 3 nitrogen and oxygen atoms in total. The number of amides is 1. The summed E-state index contributed by atoms with van der Waals surface area (Å²) in [6.45, 7) is 1.98. The van der Waals surface area contributed by atoms with Crippen molar-refractivity contribution >= 4 is 17.2 Å². The SMILES string of the molecule is CC(Cc1cccs1)NC(=O)C1(C#N)CC1. The fourth-order valence-electron chi connectivity index (χ4n) is 1.66. The smallest absolute Gasteiger partial charge is 0.240 e. The van der Waals surface area contributed by atoms with Crippen LogP contribution in [0.15, 0.2) is 17.5 Å². The zero-order chi connectivity index (χ0) is 11.6. The maximum atomic E-state index is 11.8. The minimum absolute atomic E-state index is 0.0944. The first kappa shape index (κ1) is 11.2. The highest BCUT2D eigenvalue weighted by Gasteiger charge is 2.50. The molecule has 0 spiro atoms. The first-order valence-corrected chi connectivity index (χ1v) is 6.29. The van der Waals surface area contributed by atoms with E-state index in [0.29, 0.717) is 12.8 Å². The number of nitrogens with one attached hydrogen (secondary N) is 1. The van der Waals surface area contributed by atoms with Gasteiger partial charge < -0.3 is 5.32 Å². The number of hydrogen-bond acceptors (Lipinski definition) is 3. The average Bonchev–Trinajstić information content (AvgIpc) is 2.91. The minimum Gasteiger partial charge on any atom is -0.352 e. The normalized spacial score (nSPS) is 18.5. The highest BCUT2D eigenvalue weighted by Crippen LogP contribution is 2.45. The molecule has 1 N–H and O–H groups in total. The number of carbonyl (C=O) groups excluding carboxylic acids is 1. The summed E-state index contributed by atoms with van der Waals surface area (Å²) in [6, 6.07) is 6.27. The Morgan fingerprint density at radius 2 is 2.50 bits per heavy atom. The molecule has 1 aromatic rings. The second-order valence-corrected chi connectivity index (χ2v) is 5.38. The zero-order valence-electron chi connectivity index (χ0n) is 9.19. The van der Waals surface area contributed by atoms with Gasteiger partial charge in [-0.1, -0.05) is 6.07 Å². The summed E-state index contributed by atoms with van der Waals surface area (Å²) < 4.78 is 0. The van der Waals surface area contributed by atoms with Gasteiger partial charge in [-0.05, 0) is 31.2 Å². The summed E-state index contributed by atoms with van der Waals surface area (Å²) in [4.78, 5) is 13.0. The number of carbonyl (C=O) groups is 1. The maximum Gasteiger partial charge on any atom is 0.240 e. The van der Waals surface area contributed by atoms with Gasteiger partial charge in [0.25, 0.3) is 0 Å². The molecular weight excluding hydrogens is 220 g/mol. The van der Waals surface area contributed by atoms with E-state index in [2.05, 4.69) is 17.5 Å². The lowest BCUT2D eigenvalue weighted by molar-refractivity contribution is -0.125. The van der Waals surface area contributed by atoms with Crippen LogP contribution in [-0.4, -0.2) is 11.9 Å². The molecule has 0 aromatic carbocycles. The lowest BCUT2D eigenvalue weighted by Gasteiger charge is -2.14. The third-order valence-electron chi connectivity index (χ3n) is 2.86. The lowest BCUT2D eigenvalue weighted by atomic mass is 10.1.